The number of sulfonamides is 1. The monoisotopic (exact) mass is 712 g/mol. The molecular formula is C34H44N6O5S3. The Morgan fingerprint density at radius 3 is 2.25 bits per heavy atom. The smallest absolute Gasteiger partial charge is 0.246 e. The van der Waals surface area contributed by atoms with Gasteiger partial charge in [0.2, 0.25) is 28.2 Å². The molecule has 1 aromatic carbocycles. The fourth-order valence-corrected chi connectivity index (χ4v) is 7.54. The second-order valence-corrected chi connectivity index (χ2v) is 15.8. The van der Waals surface area contributed by atoms with Crippen molar-refractivity contribution in [3.05, 3.63) is 42.8 Å². The SMILES string of the molecule is C#C.C#C.C=C.CC(C)(C)[C@H](Nc1nc(-c2nc3ccccc3s2)cs1)C(=O)N1CCC[C@H]1C(=O)NC1CC1.O=CNS(=O)(=O)C1CC1. The quantitative estimate of drug-likeness (QED) is 0.159. The zero-order valence-corrected chi connectivity index (χ0v) is 30.0. The molecule has 0 spiro atoms. The maximum absolute atomic E-state index is 13.7. The molecule has 1 aliphatic heterocycles. The van der Waals surface area contributed by atoms with Gasteiger partial charge < -0.3 is 15.5 Å². The van der Waals surface area contributed by atoms with Gasteiger partial charge in [0.15, 0.2) is 5.13 Å². The molecule has 0 bridgehead atoms. The predicted octanol–water partition coefficient (Wildman–Crippen LogP) is 5.04. The maximum atomic E-state index is 13.7. The Kier molecular flexibility index (Phi) is 15.3. The number of para-hydroxylation sites is 1. The molecule has 3 heterocycles. The van der Waals surface area contributed by atoms with E-state index in [4.69, 9.17) is 9.97 Å². The van der Waals surface area contributed by atoms with Crippen LogP contribution in [0.5, 0.6) is 0 Å². The second-order valence-electron chi connectivity index (χ2n) is 11.9. The standard InChI is InChI=1S/C24H29N5O2S2.C4H7NO3S.C2H4.2C2H2/c1-24(2,3)19(22(31)29-12-6-8-17(29)20(30)25-14-10-11-14)28-23-27-16(13-32-23)21-26-15-7-4-5-9-18(15)33-21;6-3-5-9(7,8)4-1-2-4;3*1-2/h4-5,7,9,13-14,17,19H,6,8,10-12H2,1-3H3,(H,25,30)(H,27,28);3-4H,1-2H2,(H,5,6);1-2H2;2*1-2H/t17-,19+;;;;/m0..../s1. The van der Waals surface area contributed by atoms with E-state index < -0.39 is 16.1 Å². The van der Waals surface area contributed by atoms with Gasteiger partial charge in [0.05, 0.1) is 15.5 Å². The number of rotatable bonds is 9. The number of hydrogen-bond donors (Lipinski definition) is 3. The van der Waals surface area contributed by atoms with Gasteiger partial charge in [-0.05, 0) is 56.1 Å². The second kappa shape index (κ2) is 18.3. The van der Waals surface area contributed by atoms with Crippen LogP contribution in [0.1, 0.15) is 59.3 Å². The molecule has 1 saturated heterocycles. The van der Waals surface area contributed by atoms with Crippen LogP contribution in [0, 0.1) is 31.1 Å². The van der Waals surface area contributed by atoms with Crippen molar-refractivity contribution in [1.29, 1.82) is 0 Å². The number of nitrogens with zero attached hydrogens (tertiary/aromatic N) is 3. The molecular weight excluding hydrogens is 669 g/mol. The molecule has 2 saturated carbocycles. The van der Waals surface area contributed by atoms with E-state index in [-0.39, 0.29) is 34.9 Å². The number of likely N-dealkylation sites (tertiary alicyclic amines) is 1. The summed E-state index contributed by atoms with van der Waals surface area (Å²) in [7, 11) is -3.26. The molecule has 0 unspecified atom stereocenters. The van der Waals surface area contributed by atoms with Crippen LogP contribution >= 0.6 is 22.7 Å². The van der Waals surface area contributed by atoms with Crippen LogP contribution in [0.15, 0.2) is 42.8 Å². The zero-order valence-electron chi connectivity index (χ0n) is 27.6. The Hall–Kier alpha value is -4.24. The van der Waals surface area contributed by atoms with E-state index in [2.05, 4.69) is 55.6 Å². The molecule has 3 aliphatic rings. The van der Waals surface area contributed by atoms with Gasteiger partial charge in [-0.25, -0.2) is 18.4 Å². The first kappa shape index (κ1) is 39.9. The highest BCUT2D eigenvalue weighted by Crippen LogP contribution is 2.34. The topological polar surface area (TPSA) is 150 Å². The number of benzene rings is 1. The van der Waals surface area contributed by atoms with Crippen LogP contribution in [0.2, 0.25) is 0 Å². The van der Waals surface area contributed by atoms with Gasteiger partial charge >= 0.3 is 0 Å². The Bertz CT molecular complexity index is 1630. The van der Waals surface area contributed by atoms with Crippen LogP contribution in [0.4, 0.5) is 5.13 Å². The van der Waals surface area contributed by atoms with E-state index >= 15 is 0 Å². The average molecular weight is 713 g/mol. The molecule has 6 rings (SSSR count). The summed E-state index contributed by atoms with van der Waals surface area (Å²) in [6.07, 6.45) is 21.2. The third kappa shape index (κ3) is 10.9. The number of thiazole rings is 2. The molecule has 3 aromatic rings. The van der Waals surface area contributed by atoms with Crippen LogP contribution in [0.25, 0.3) is 20.9 Å². The molecule has 48 heavy (non-hydrogen) atoms. The molecule has 3 amide bonds. The van der Waals surface area contributed by atoms with E-state index in [1.807, 2.05) is 44.4 Å². The molecule has 0 radical (unpaired) electrons. The van der Waals surface area contributed by atoms with Crippen molar-refractivity contribution in [2.45, 2.75) is 82.7 Å². The van der Waals surface area contributed by atoms with E-state index in [1.165, 1.54) is 11.3 Å². The van der Waals surface area contributed by atoms with Crippen molar-refractivity contribution >= 4 is 66.3 Å². The summed E-state index contributed by atoms with van der Waals surface area (Å²) in [4.78, 5) is 47.3. The summed E-state index contributed by atoms with van der Waals surface area (Å²) in [5, 5.41) is 9.70. The van der Waals surface area contributed by atoms with Gasteiger partial charge in [-0.3, -0.25) is 19.1 Å². The molecule has 258 valence electrons. The highest BCUT2D eigenvalue weighted by molar-refractivity contribution is 7.90. The van der Waals surface area contributed by atoms with Gasteiger partial charge in [0, 0.05) is 18.0 Å². The minimum Gasteiger partial charge on any atom is -0.352 e. The number of fused-ring (bicyclic) bond motifs is 1. The predicted molar refractivity (Wildman–Crippen MR) is 196 cm³/mol. The van der Waals surface area contributed by atoms with Gasteiger partial charge in [-0.1, -0.05) is 32.9 Å². The number of amides is 3. The number of carbonyl (C=O) groups excluding carboxylic acids is 3. The highest BCUT2D eigenvalue weighted by atomic mass is 32.2. The lowest BCUT2D eigenvalue weighted by Crippen LogP contribution is -2.54. The molecule has 3 N–H and O–H groups in total. The third-order valence-electron chi connectivity index (χ3n) is 7.34. The lowest BCUT2D eigenvalue weighted by molar-refractivity contribution is -0.140. The summed E-state index contributed by atoms with van der Waals surface area (Å²) in [6, 6.07) is 7.48. The van der Waals surface area contributed by atoms with Crippen molar-refractivity contribution in [1.82, 2.24) is 24.9 Å². The highest BCUT2D eigenvalue weighted by Gasteiger charge is 2.42. The van der Waals surface area contributed by atoms with Crippen molar-refractivity contribution in [3.8, 4) is 36.4 Å². The van der Waals surface area contributed by atoms with Crippen molar-refractivity contribution < 1.29 is 22.8 Å². The van der Waals surface area contributed by atoms with Crippen LogP contribution in [-0.2, 0) is 24.4 Å². The van der Waals surface area contributed by atoms with Gasteiger partial charge in [-0.15, -0.1) is 61.5 Å². The van der Waals surface area contributed by atoms with Gasteiger partial charge in [0.1, 0.15) is 22.8 Å². The Labute approximate surface area is 292 Å². The summed E-state index contributed by atoms with van der Waals surface area (Å²) in [6.45, 7) is 12.7. The van der Waals surface area contributed by atoms with Crippen molar-refractivity contribution in [2.75, 3.05) is 11.9 Å². The minimum atomic E-state index is -3.26. The molecule has 14 heteroatoms. The first-order valence-electron chi connectivity index (χ1n) is 15.3. The number of anilines is 1. The van der Waals surface area contributed by atoms with E-state index in [9.17, 15) is 22.8 Å². The van der Waals surface area contributed by atoms with E-state index in [0.717, 1.165) is 46.6 Å². The third-order valence-corrected chi connectivity index (χ3v) is 10.9. The van der Waals surface area contributed by atoms with Crippen LogP contribution in [0.3, 0.4) is 0 Å². The number of hydrogen-bond acceptors (Lipinski definition) is 10. The largest absolute Gasteiger partial charge is 0.352 e. The number of carbonyl (C=O) groups is 3. The van der Waals surface area contributed by atoms with Gasteiger partial charge in [0.25, 0.3) is 0 Å². The fourth-order valence-electron chi connectivity index (χ4n) is 4.73. The summed E-state index contributed by atoms with van der Waals surface area (Å²) in [5.41, 5.74) is 1.43. The maximum Gasteiger partial charge on any atom is 0.246 e. The first-order chi connectivity index (χ1) is 23.0. The Morgan fingerprint density at radius 2 is 1.69 bits per heavy atom. The molecule has 3 fully saturated rings. The summed E-state index contributed by atoms with van der Waals surface area (Å²) in [5.74, 6) is -0.0453. The molecule has 2 atom stereocenters. The molecule has 2 aromatic heterocycles. The minimum absolute atomic E-state index is 0.0108. The number of terminal acetylenes is 2. The van der Waals surface area contributed by atoms with Crippen LogP contribution < -0.4 is 15.4 Å². The Balaban J connectivity index is 0.000000451. The lowest BCUT2D eigenvalue weighted by atomic mass is 9.85. The zero-order chi connectivity index (χ0) is 36.1. The molecule has 11 nitrogen and oxygen atoms in total. The summed E-state index contributed by atoms with van der Waals surface area (Å²) >= 11 is 3.09. The van der Waals surface area contributed by atoms with E-state index in [1.54, 1.807) is 21.0 Å². The van der Waals surface area contributed by atoms with Crippen molar-refractivity contribution in [2.24, 2.45) is 5.41 Å². The normalized spacial score (nSPS) is 17.2. The van der Waals surface area contributed by atoms with Crippen molar-refractivity contribution in [3.63, 3.8) is 0 Å². The fraction of sp³-hybridized carbons (Fsp3) is 0.441. The first-order valence-corrected chi connectivity index (χ1v) is 18.5. The Morgan fingerprint density at radius 1 is 1.04 bits per heavy atom. The van der Waals surface area contributed by atoms with E-state index in [0.29, 0.717) is 30.6 Å². The van der Waals surface area contributed by atoms with Gasteiger partial charge in [-0.2, -0.15) is 0 Å². The number of aromatic nitrogens is 2. The molecule has 2 aliphatic carbocycles. The lowest BCUT2D eigenvalue weighted by Gasteiger charge is -2.35. The average Bonchev–Trinajstić information content (AvgIpc) is 3.95. The van der Waals surface area contributed by atoms with Crippen LogP contribution in [-0.4, -0.2) is 71.4 Å². The number of nitrogens with one attached hydrogen (secondary N) is 3. The summed E-state index contributed by atoms with van der Waals surface area (Å²) < 4.78 is 24.2.